The van der Waals surface area contributed by atoms with Crippen molar-refractivity contribution in [3.05, 3.63) is 25.0 Å². The van der Waals surface area contributed by atoms with Crippen LogP contribution in [0.2, 0.25) is 0 Å². The van der Waals surface area contributed by atoms with Crippen molar-refractivity contribution in [3.63, 3.8) is 0 Å². The third kappa shape index (κ3) is 4.61. The van der Waals surface area contributed by atoms with Crippen LogP contribution in [0.1, 0.15) is 6.92 Å². The van der Waals surface area contributed by atoms with Crippen molar-refractivity contribution >= 4 is 5.91 Å². The highest BCUT2D eigenvalue weighted by Gasteiger charge is 1.86. The van der Waals surface area contributed by atoms with Gasteiger partial charge in [0.15, 0.2) is 0 Å². The molecule has 3 nitrogen and oxygen atoms in total. The summed E-state index contributed by atoms with van der Waals surface area (Å²) in [6.07, 6.45) is 4.15. The average Bonchev–Trinajstić information content (AvgIpc) is 1.89. The molecule has 0 aliphatic rings. The molecule has 50 valence electrons. The molecular weight excluding hydrogens is 118 g/mol. The summed E-state index contributed by atoms with van der Waals surface area (Å²) in [5, 5.41) is 0. The van der Waals surface area contributed by atoms with Crippen molar-refractivity contribution in [3.8, 4) is 0 Å². The van der Waals surface area contributed by atoms with E-state index in [1.807, 2.05) is 0 Å². The monoisotopic (exact) mass is 127 g/mol. The Labute approximate surface area is 54.0 Å². The second-order valence-corrected chi connectivity index (χ2v) is 1.26. The fraction of sp³-hybridized carbons (Fsp3) is 0.167. The lowest BCUT2D eigenvalue weighted by molar-refractivity contribution is -0.124. The second kappa shape index (κ2) is 4.90. The van der Waals surface area contributed by atoms with Crippen molar-refractivity contribution in [2.75, 3.05) is 0 Å². The van der Waals surface area contributed by atoms with Crippen molar-refractivity contribution in [1.82, 2.24) is 5.48 Å². The number of carbonyl (C=O) groups excluding carboxylic acids is 1. The van der Waals surface area contributed by atoms with E-state index in [9.17, 15) is 4.79 Å². The minimum atomic E-state index is -0.354. The van der Waals surface area contributed by atoms with Gasteiger partial charge in [-0.3, -0.25) is 4.79 Å². The third-order valence-electron chi connectivity index (χ3n) is 0.549. The largest absolute Gasteiger partial charge is 0.387 e. The molecule has 1 amide bonds. The quantitative estimate of drug-likeness (QED) is 0.345. The molecule has 0 fully saturated rings. The van der Waals surface area contributed by atoms with Crippen LogP contribution in [0.15, 0.2) is 25.0 Å². The van der Waals surface area contributed by atoms with E-state index < -0.39 is 0 Å². The first-order valence-electron chi connectivity index (χ1n) is 2.50. The maximum Gasteiger partial charge on any atom is 0.275 e. The van der Waals surface area contributed by atoms with Crippen LogP contribution in [0.3, 0.4) is 0 Å². The van der Waals surface area contributed by atoms with E-state index in [1.165, 1.54) is 6.26 Å². The SMILES string of the molecule is C=CC(=O)NOC=CC. The molecule has 0 aliphatic carbocycles. The van der Waals surface area contributed by atoms with Gasteiger partial charge in [-0.2, -0.15) is 5.48 Å². The number of hydrogen-bond acceptors (Lipinski definition) is 2. The molecule has 0 unspecified atom stereocenters. The molecule has 0 rings (SSSR count). The van der Waals surface area contributed by atoms with Gasteiger partial charge in [-0.15, -0.1) is 0 Å². The summed E-state index contributed by atoms with van der Waals surface area (Å²) >= 11 is 0. The first-order valence-corrected chi connectivity index (χ1v) is 2.50. The van der Waals surface area contributed by atoms with Crippen LogP contribution in [0.25, 0.3) is 0 Å². The number of carbonyl (C=O) groups is 1. The molecule has 0 saturated carbocycles. The normalized spacial score (nSPS) is 9.00. The number of allylic oxidation sites excluding steroid dienone is 1. The number of nitrogens with one attached hydrogen (secondary N) is 1. The molecule has 0 atom stereocenters. The Morgan fingerprint density at radius 1 is 1.78 bits per heavy atom. The summed E-state index contributed by atoms with van der Waals surface area (Å²) in [7, 11) is 0. The standard InChI is InChI=1S/C6H9NO2/c1-3-5-9-7-6(8)4-2/h3-5H,2H2,1H3,(H,7,8). The van der Waals surface area contributed by atoms with E-state index in [2.05, 4.69) is 16.9 Å². The van der Waals surface area contributed by atoms with Crippen LogP contribution in [0, 0.1) is 0 Å². The predicted molar refractivity (Wildman–Crippen MR) is 34.2 cm³/mol. The van der Waals surface area contributed by atoms with Crippen LogP contribution in [0.5, 0.6) is 0 Å². The van der Waals surface area contributed by atoms with Gasteiger partial charge in [-0.1, -0.05) is 6.58 Å². The van der Waals surface area contributed by atoms with E-state index >= 15 is 0 Å². The number of amides is 1. The van der Waals surface area contributed by atoms with E-state index in [1.54, 1.807) is 13.0 Å². The Bertz CT molecular complexity index is 129. The summed E-state index contributed by atoms with van der Waals surface area (Å²) in [6, 6.07) is 0. The maximum absolute atomic E-state index is 10.3. The molecule has 0 saturated heterocycles. The van der Waals surface area contributed by atoms with Gasteiger partial charge in [0.2, 0.25) is 0 Å². The topological polar surface area (TPSA) is 38.3 Å². The first-order chi connectivity index (χ1) is 4.31. The lowest BCUT2D eigenvalue weighted by Gasteiger charge is -1.95. The van der Waals surface area contributed by atoms with Crippen LogP contribution < -0.4 is 5.48 Å². The van der Waals surface area contributed by atoms with Gasteiger partial charge < -0.3 is 4.84 Å². The highest BCUT2D eigenvalue weighted by molar-refractivity contribution is 5.85. The van der Waals surface area contributed by atoms with E-state index in [0.717, 1.165) is 6.08 Å². The zero-order chi connectivity index (χ0) is 7.11. The molecule has 3 heteroatoms. The lowest BCUT2D eigenvalue weighted by Crippen LogP contribution is -2.17. The van der Waals surface area contributed by atoms with E-state index in [4.69, 9.17) is 0 Å². The number of rotatable bonds is 3. The molecule has 0 aromatic carbocycles. The summed E-state index contributed by atoms with van der Waals surface area (Å²) in [5.74, 6) is -0.354. The van der Waals surface area contributed by atoms with Gasteiger partial charge in [0.05, 0.1) is 0 Å². The van der Waals surface area contributed by atoms with Crippen LogP contribution in [0.4, 0.5) is 0 Å². The Kier molecular flexibility index (Phi) is 4.22. The molecule has 0 bridgehead atoms. The molecule has 0 aromatic rings. The molecule has 0 aliphatic heterocycles. The smallest absolute Gasteiger partial charge is 0.275 e. The first kappa shape index (κ1) is 7.75. The van der Waals surface area contributed by atoms with Crippen molar-refractivity contribution in [2.24, 2.45) is 0 Å². The van der Waals surface area contributed by atoms with Gasteiger partial charge in [0, 0.05) is 0 Å². The van der Waals surface area contributed by atoms with Gasteiger partial charge >= 0.3 is 0 Å². The van der Waals surface area contributed by atoms with E-state index in [0.29, 0.717) is 0 Å². The Morgan fingerprint density at radius 3 is 2.89 bits per heavy atom. The van der Waals surface area contributed by atoms with Crippen LogP contribution in [-0.4, -0.2) is 5.91 Å². The lowest BCUT2D eigenvalue weighted by atomic mass is 10.6. The summed E-state index contributed by atoms with van der Waals surface area (Å²) in [5.41, 5.74) is 2.09. The predicted octanol–water partition coefficient (Wildman–Crippen LogP) is 0.754. The van der Waals surface area contributed by atoms with Crippen molar-refractivity contribution in [2.45, 2.75) is 6.92 Å². The molecule has 0 radical (unpaired) electrons. The maximum atomic E-state index is 10.3. The van der Waals surface area contributed by atoms with Gasteiger partial charge in [0.1, 0.15) is 6.26 Å². The van der Waals surface area contributed by atoms with Crippen molar-refractivity contribution in [1.29, 1.82) is 0 Å². The van der Waals surface area contributed by atoms with Crippen molar-refractivity contribution < 1.29 is 9.63 Å². The summed E-state index contributed by atoms with van der Waals surface area (Å²) in [6.45, 7) is 5.00. The molecule has 0 heterocycles. The molecule has 1 N–H and O–H groups in total. The average molecular weight is 127 g/mol. The van der Waals surface area contributed by atoms with Gasteiger partial charge in [-0.25, -0.2) is 0 Å². The second-order valence-electron chi connectivity index (χ2n) is 1.26. The van der Waals surface area contributed by atoms with Crippen LogP contribution >= 0.6 is 0 Å². The molecule has 9 heavy (non-hydrogen) atoms. The molecule has 0 aromatic heterocycles. The molecular formula is C6H9NO2. The van der Waals surface area contributed by atoms with Gasteiger partial charge in [-0.05, 0) is 19.1 Å². The third-order valence-corrected chi connectivity index (χ3v) is 0.549. The van der Waals surface area contributed by atoms with E-state index in [-0.39, 0.29) is 5.91 Å². The minimum Gasteiger partial charge on any atom is -0.387 e. The Balaban J connectivity index is 3.27. The summed E-state index contributed by atoms with van der Waals surface area (Å²) in [4.78, 5) is 14.8. The zero-order valence-electron chi connectivity index (χ0n) is 5.26. The highest BCUT2D eigenvalue weighted by Crippen LogP contribution is 1.71. The summed E-state index contributed by atoms with van der Waals surface area (Å²) < 4.78 is 0. The minimum absolute atomic E-state index is 0.354. The fourth-order valence-electron chi connectivity index (χ4n) is 0.202. The Hall–Kier alpha value is -1.25. The zero-order valence-corrected chi connectivity index (χ0v) is 5.26. The fourth-order valence-corrected chi connectivity index (χ4v) is 0.202. The highest BCUT2D eigenvalue weighted by atomic mass is 16.6. The van der Waals surface area contributed by atoms with Crippen LogP contribution in [-0.2, 0) is 9.63 Å². The van der Waals surface area contributed by atoms with Gasteiger partial charge in [0.25, 0.3) is 5.91 Å². The number of hydrogen-bond donors (Lipinski definition) is 1. The number of hydroxylamine groups is 1. The molecule has 0 spiro atoms. The Morgan fingerprint density at radius 2 is 2.44 bits per heavy atom.